The highest BCUT2D eigenvalue weighted by Crippen LogP contribution is 2.26. The van der Waals surface area contributed by atoms with Crippen LogP contribution in [0.15, 0.2) is 52.9 Å². The van der Waals surface area contributed by atoms with E-state index in [1.807, 2.05) is 48.5 Å². The lowest BCUT2D eigenvalue weighted by atomic mass is 10.2. The van der Waals surface area contributed by atoms with Gasteiger partial charge in [0.25, 0.3) is 0 Å². The quantitative estimate of drug-likeness (QED) is 0.729. The number of hydrogen-bond acceptors (Lipinski definition) is 3. The molecule has 3 nitrogen and oxygen atoms in total. The lowest BCUT2D eigenvalue weighted by Gasteiger charge is -1.94. The molecular weight excluding hydrogens is 214 g/mol. The Morgan fingerprint density at radius 3 is 2.59 bits per heavy atom. The first-order valence-electron chi connectivity index (χ1n) is 5.43. The van der Waals surface area contributed by atoms with Crippen molar-refractivity contribution in [1.82, 2.24) is 4.98 Å². The first-order valence-corrected chi connectivity index (χ1v) is 5.43. The number of benzene rings is 2. The summed E-state index contributed by atoms with van der Waals surface area (Å²) in [5.74, 6) is 0.585. The molecule has 3 rings (SSSR count). The van der Waals surface area contributed by atoms with E-state index < -0.39 is 0 Å². The zero-order valence-corrected chi connectivity index (χ0v) is 9.13. The van der Waals surface area contributed by atoms with Crippen molar-refractivity contribution in [3.05, 3.63) is 54.1 Å². The van der Waals surface area contributed by atoms with Crippen LogP contribution in [0, 0.1) is 0 Å². The molecule has 0 unspecified atom stereocenters. The first-order chi connectivity index (χ1) is 8.38. The maximum absolute atomic E-state index is 9.23. The number of nitrogens with zero attached hydrogens (tertiary/aromatic N) is 1. The van der Waals surface area contributed by atoms with Crippen molar-refractivity contribution < 1.29 is 9.52 Å². The number of aliphatic hydroxyl groups excluding tert-OH is 1. The molecule has 0 aliphatic heterocycles. The number of para-hydroxylation sites is 1. The zero-order chi connectivity index (χ0) is 11.7. The van der Waals surface area contributed by atoms with Crippen LogP contribution in [-0.4, -0.2) is 10.1 Å². The lowest BCUT2D eigenvalue weighted by Crippen LogP contribution is -1.81. The Labute approximate surface area is 98.3 Å². The van der Waals surface area contributed by atoms with Gasteiger partial charge in [0.15, 0.2) is 5.58 Å². The molecule has 17 heavy (non-hydrogen) atoms. The summed E-state index contributed by atoms with van der Waals surface area (Å²) in [6, 6.07) is 15.3. The number of oxazole rings is 1. The second-order valence-corrected chi connectivity index (χ2v) is 3.81. The van der Waals surface area contributed by atoms with Crippen LogP contribution in [-0.2, 0) is 6.61 Å². The molecule has 1 aromatic heterocycles. The molecule has 1 heterocycles. The van der Waals surface area contributed by atoms with Gasteiger partial charge >= 0.3 is 0 Å². The van der Waals surface area contributed by atoms with Crippen LogP contribution in [0.3, 0.4) is 0 Å². The fourth-order valence-electron chi connectivity index (χ4n) is 1.83. The number of hydrogen-bond donors (Lipinski definition) is 1. The molecule has 0 spiro atoms. The molecule has 0 fully saturated rings. The average Bonchev–Trinajstić information content (AvgIpc) is 2.83. The van der Waals surface area contributed by atoms with E-state index in [1.54, 1.807) is 0 Å². The van der Waals surface area contributed by atoms with Crippen LogP contribution >= 0.6 is 0 Å². The predicted octanol–water partition coefficient (Wildman–Crippen LogP) is 2.99. The van der Waals surface area contributed by atoms with Crippen molar-refractivity contribution in [2.24, 2.45) is 0 Å². The van der Waals surface area contributed by atoms with Crippen molar-refractivity contribution in [2.45, 2.75) is 6.61 Å². The average molecular weight is 225 g/mol. The second-order valence-electron chi connectivity index (χ2n) is 3.81. The molecule has 2 aromatic carbocycles. The van der Waals surface area contributed by atoms with E-state index in [-0.39, 0.29) is 6.61 Å². The van der Waals surface area contributed by atoms with Gasteiger partial charge in [-0.2, -0.15) is 0 Å². The van der Waals surface area contributed by atoms with Crippen LogP contribution in [0.5, 0.6) is 0 Å². The Morgan fingerprint density at radius 2 is 1.82 bits per heavy atom. The molecule has 84 valence electrons. The highest BCUT2D eigenvalue weighted by Gasteiger charge is 2.10. The molecule has 3 aromatic rings. The fourth-order valence-corrected chi connectivity index (χ4v) is 1.83. The molecule has 0 radical (unpaired) electrons. The minimum atomic E-state index is -0.0409. The van der Waals surface area contributed by atoms with Gasteiger partial charge in [0, 0.05) is 11.1 Å². The number of rotatable bonds is 2. The Morgan fingerprint density at radius 1 is 1.00 bits per heavy atom. The summed E-state index contributed by atoms with van der Waals surface area (Å²) in [5.41, 5.74) is 3.13. The molecule has 0 aliphatic rings. The van der Waals surface area contributed by atoms with E-state index >= 15 is 0 Å². The largest absolute Gasteiger partial charge is 0.436 e. The van der Waals surface area contributed by atoms with Gasteiger partial charge < -0.3 is 9.52 Å². The Kier molecular flexibility index (Phi) is 2.38. The molecule has 0 amide bonds. The van der Waals surface area contributed by atoms with E-state index in [0.717, 1.165) is 16.6 Å². The molecule has 0 saturated carbocycles. The van der Waals surface area contributed by atoms with Gasteiger partial charge in [-0.15, -0.1) is 0 Å². The van der Waals surface area contributed by atoms with Gasteiger partial charge in [0.05, 0.1) is 6.61 Å². The Balaban J connectivity index is 2.20. The van der Waals surface area contributed by atoms with Crippen LogP contribution in [0.2, 0.25) is 0 Å². The van der Waals surface area contributed by atoms with Crippen molar-refractivity contribution in [1.29, 1.82) is 0 Å². The summed E-state index contributed by atoms with van der Waals surface area (Å²) in [4.78, 5) is 4.41. The summed E-state index contributed by atoms with van der Waals surface area (Å²) < 4.78 is 5.70. The number of aliphatic hydroxyl groups is 1. The van der Waals surface area contributed by atoms with E-state index in [9.17, 15) is 5.11 Å². The van der Waals surface area contributed by atoms with Crippen molar-refractivity contribution >= 4 is 11.1 Å². The molecule has 1 N–H and O–H groups in total. The molecule has 0 aliphatic carbocycles. The van der Waals surface area contributed by atoms with Gasteiger partial charge in [-0.1, -0.05) is 30.3 Å². The molecule has 0 bridgehead atoms. The normalized spacial score (nSPS) is 10.9. The molecule has 0 atom stereocenters. The smallest absolute Gasteiger partial charge is 0.227 e. The number of aromatic nitrogens is 1. The number of fused-ring (bicyclic) bond motifs is 1. The van der Waals surface area contributed by atoms with Crippen LogP contribution < -0.4 is 0 Å². The highest BCUT2D eigenvalue weighted by molar-refractivity contribution is 5.79. The van der Waals surface area contributed by atoms with E-state index in [0.29, 0.717) is 11.5 Å². The highest BCUT2D eigenvalue weighted by atomic mass is 16.3. The predicted molar refractivity (Wildman–Crippen MR) is 65.4 cm³/mol. The van der Waals surface area contributed by atoms with Crippen LogP contribution in [0.1, 0.15) is 5.56 Å². The maximum atomic E-state index is 9.23. The molecular formula is C14H11NO2. The van der Waals surface area contributed by atoms with E-state index in [2.05, 4.69) is 4.98 Å². The summed E-state index contributed by atoms with van der Waals surface area (Å²) in [6.07, 6.45) is 0. The van der Waals surface area contributed by atoms with Gasteiger partial charge in [0.1, 0.15) is 5.52 Å². The summed E-state index contributed by atoms with van der Waals surface area (Å²) >= 11 is 0. The van der Waals surface area contributed by atoms with Gasteiger partial charge in [0.2, 0.25) is 5.89 Å². The third kappa shape index (κ3) is 1.70. The third-order valence-electron chi connectivity index (χ3n) is 2.69. The third-order valence-corrected chi connectivity index (χ3v) is 2.69. The van der Waals surface area contributed by atoms with Crippen LogP contribution in [0.4, 0.5) is 0 Å². The SMILES string of the molecule is OCc1cccc2nc(-c3ccccc3)oc12. The van der Waals surface area contributed by atoms with Crippen molar-refractivity contribution in [3.8, 4) is 11.5 Å². The van der Waals surface area contributed by atoms with Gasteiger partial charge in [-0.05, 0) is 18.2 Å². The van der Waals surface area contributed by atoms with Crippen LogP contribution in [0.25, 0.3) is 22.6 Å². The molecule has 3 heteroatoms. The fraction of sp³-hybridized carbons (Fsp3) is 0.0714. The monoisotopic (exact) mass is 225 g/mol. The topological polar surface area (TPSA) is 46.3 Å². The summed E-state index contributed by atoms with van der Waals surface area (Å²) in [7, 11) is 0. The maximum Gasteiger partial charge on any atom is 0.227 e. The molecule has 0 saturated heterocycles. The Bertz CT molecular complexity index is 644. The van der Waals surface area contributed by atoms with E-state index in [4.69, 9.17) is 4.42 Å². The van der Waals surface area contributed by atoms with E-state index in [1.165, 1.54) is 0 Å². The summed E-state index contributed by atoms with van der Waals surface area (Å²) in [5, 5.41) is 9.23. The van der Waals surface area contributed by atoms with Crippen molar-refractivity contribution in [2.75, 3.05) is 0 Å². The minimum Gasteiger partial charge on any atom is -0.436 e. The summed E-state index contributed by atoms with van der Waals surface area (Å²) in [6.45, 7) is -0.0409. The first kappa shape index (κ1) is 10.1. The minimum absolute atomic E-state index is 0.0409. The standard InChI is InChI=1S/C14H11NO2/c16-9-11-7-4-8-12-13(11)17-14(15-12)10-5-2-1-3-6-10/h1-8,16H,9H2. The van der Waals surface area contributed by atoms with Gasteiger partial charge in [-0.3, -0.25) is 0 Å². The second kappa shape index (κ2) is 4.03. The van der Waals surface area contributed by atoms with Gasteiger partial charge in [-0.25, -0.2) is 4.98 Å². The Hall–Kier alpha value is -2.13. The van der Waals surface area contributed by atoms with Crippen molar-refractivity contribution in [3.63, 3.8) is 0 Å². The zero-order valence-electron chi connectivity index (χ0n) is 9.13. The lowest BCUT2D eigenvalue weighted by molar-refractivity contribution is 0.282.